The Labute approximate surface area is 109 Å². The average Bonchev–Trinajstić information content (AvgIpc) is 2.37. The van der Waals surface area contributed by atoms with Crippen LogP contribution in [0.25, 0.3) is 0 Å². The summed E-state index contributed by atoms with van der Waals surface area (Å²) in [6.45, 7) is 2.22. The molecule has 0 amide bonds. The molecule has 1 aromatic carbocycles. The molecule has 0 aromatic heterocycles. The second-order valence-electron chi connectivity index (χ2n) is 4.52. The Balaban J connectivity index is 1.95. The van der Waals surface area contributed by atoms with Crippen LogP contribution in [0.5, 0.6) is 11.5 Å². The van der Waals surface area contributed by atoms with E-state index in [1.54, 1.807) is 6.07 Å². The van der Waals surface area contributed by atoms with Gasteiger partial charge in [0.05, 0.1) is 6.61 Å². The fourth-order valence-corrected chi connectivity index (χ4v) is 2.05. The summed E-state index contributed by atoms with van der Waals surface area (Å²) in [7, 11) is 0. The molecule has 0 saturated carbocycles. The van der Waals surface area contributed by atoms with Gasteiger partial charge in [0.2, 0.25) is 0 Å². The number of para-hydroxylation sites is 2. The summed E-state index contributed by atoms with van der Waals surface area (Å²) in [5.74, 6) is 0.164. The van der Waals surface area contributed by atoms with Gasteiger partial charge in [-0.25, -0.2) is 0 Å². The van der Waals surface area contributed by atoms with Gasteiger partial charge in [0, 0.05) is 12.5 Å². The summed E-state index contributed by atoms with van der Waals surface area (Å²) in [5.41, 5.74) is 0. The Bertz CT molecular complexity index is 403. The quantitative estimate of drug-likeness (QED) is 0.916. The molecular formula is C13H16F3NO2. The Morgan fingerprint density at radius 2 is 1.95 bits per heavy atom. The zero-order valence-corrected chi connectivity index (χ0v) is 10.4. The minimum atomic E-state index is -4.70. The molecule has 3 nitrogen and oxygen atoms in total. The van der Waals surface area contributed by atoms with E-state index < -0.39 is 6.36 Å². The summed E-state index contributed by atoms with van der Waals surface area (Å²) >= 11 is 0. The second kappa shape index (κ2) is 6.14. The first kappa shape index (κ1) is 14.0. The van der Waals surface area contributed by atoms with Gasteiger partial charge in [-0.15, -0.1) is 13.2 Å². The minimum absolute atomic E-state index is 0.130. The molecule has 1 unspecified atom stereocenters. The molecule has 0 radical (unpaired) electrons. The van der Waals surface area contributed by atoms with Gasteiger partial charge in [-0.1, -0.05) is 12.1 Å². The first-order valence-corrected chi connectivity index (χ1v) is 6.23. The third-order valence-corrected chi connectivity index (χ3v) is 2.95. The highest BCUT2D eigenvalue weighted by molar-refractivity contribution is 5.39. The maximum absolute atomic E-state index is 12.2. The number of halogens is 3. The van der Waals surface area contributed by atoms with Gasteiger partial charge in [-0.3, -0.25) is 0 Å². The summed E-state index contributed by atoms with van der Waals surface area (Å²) in [6, 6.07) is 5.84. The Morgan fingerprint density at radius 1 is 1.21 bits per heavy atom. The molecule has 0 bridgehead atoms. The third-order valence-electron chi connectivity index (χ3n) is 2.95. The van der Waals surface area contributed by atoms with Gasteiger partial charge >= 0.3 is 6.36 Å². The first-order chi connectivity index (χ1) is 9.04. The molecule has 1 atom stereocenters. The van der Waals surface area contributed by atoms with Crippen LogP contribution in [0.3, 0.4) is 0 Å². The highest BCUT2D eigenvalue weighted by Gasteiger charge is 2.32. The average molecular weight is 275 g/mol. The summed E-state index contributed by atoms with van der Waals surface area (Å²) in [5, 5.41) is 3.23. The predicted molar refractivity (Wildman–Crippen MR) is 64.2 cm³/mol. The highest BCUT2D eigenvalue weighted by atomic mass is 19.4. The number of piperidine rings is 1. The number of alkyl halides is 3. The van der Waals surface area contributed by atoms with E-state index in [1.165, 1.54) is 18.2 Å². The molecule has 6 heteroatoms. The topological polar surface area (TPSA) is 30.5 Å². The summed E-state index contributed by atoms with van der Waals surface area (Å²) in [6.07, 6.45) is -2.62. The molecule has 1 heterocycles. The monoisotopic (exact) mass is 275 g/mol. The predicted octanol–water partition coefficient (Wildman–Crippen LogP) is 2.96. The van der Waals surface area contributed by atoms with Crippen LogP contribution in [-0.2, 0) is 0 Å². The van der Waals surface area contributed by atoms with Gasteiger partial charge in [0.1, 0.15) is 0 Å². The van der Waals surface area contributed by atoms with Crippen molar-refractivity contribution in [3.05, 3.63) is 24.3 Å². The maximum atomic E-state index is 12.2. The second-order valence-corrected chi connectivity index (χ2v) is 4.52. The molecule has 19 heavy (non-hydrogen) atoms. The van der Waals surface area contributed by atoms with E-state index in [0.29, 0.717) is 12.5 Å². The lowest BCUT2D eigenvalue weighted by Gasteiger charge is -2.23. The molecular weight excluding hydrogens is 259 g/mol. The molecule has 106 valence electrons. The van der Waals surface area contributed by atoms with Crippen LogP contribution < -0.4 is 14.8 Å². The van der Waals surface area contributed by atoms with Crippen LogP contribution in [0.2, 0.25) is 0 Å². The van der Waals surface area contributed by atoms with E-state index in [-0.39, 0.29) is 11.5 Å². The van der Waals surface area contributed by atoms with Crippen molar-refractivity contribution in [1.82, 2.24) is 5.32 Å². The largest absolute Gasteiger partial charge is 0.573 e. The number of rotatable bonds is 4. The molecule has 1 saturated heterocycles. The lowest BCUT2D eigenvalue weighted by molar-refractivity contribution is -0.275. The van der Waals surface area contributed by atoms with Crippen molar-refractivity contribution in [2.75, 3.05) is 19.7 Å². The van der Waals surface area contributed by atoms with Crippen LogP contribution in [-0.4, -0.2) is 26.1 Å². The maximum Gasteiger partial charge on any atom is 0.573 e. The van der Waals surface area contributed by atoms with Crippen molar-refractivity contribution >= 4 is 0 Å². The van der Waals surface area contributed by atoms with Gasteiger partial charge in [0.25, 0.3) is 0 Å². The zero-order valence-electron chi connectivity index (χ0n) is 10.4. The Kier molecular flexibility index (Phi) is 4.52. The van der Waals surface area contributed by atoms with Crippen LogP contribution in [0, 0.1) is 5.92 Å². The van der Waals surface area contributed by atoms with Crippen molar-refractivity contribution in [1.29, 1.82) is 0 Å². The summed E-state index contributed by atoms with van der Waals surface area (Å²) < 4.78 is 46.1. The van der Waals surface area contributed by atoms with Gasteiger partial charge in [-0.2, -0.15) is 0 Å². The molecule has 1 aliphatic heterocycles. The van der Waals surface area contributed by atoms with E-state index in [4.69, 9.17) is 4.74 Å². The van der Waals surface area contributed by atoms with Crippen LogP contribution in [0.1, 0.15) is 12.8 Å². The van der Waals surface area contributed by atoms with E-state index >= 15 is 0 Å². The van der Waals surface area contributed by atoms with Crippen molar-refractivity contribution in [2.24, 2.45) is 5.92 Å². The first-order valence-electron chi connectivity index (χ1n) is 6.23. The standard InChI is InChI=1S/C13H16F3NO2/c14-13(15,16)19-12-6-2-1-5-11(12)18-9-10-4-3-7-17-8-10/h1-2,5-6,10,17H,3-4,7-9H2. The number of hydrogen-bond acceptors (Lipinski definition) is 3. The smallest absolute Gasteiger partial charge is 0.489 e. The van der Waals surface area contributed by atoms with Crippen LogP contribution in [0.4, 0.5) is 13.2 Å². The van der Waals surface area contributed by atoms with Crippen molar-refractivity contribution < 1.29 is 22.6 Å². The van der Waals surface area contributed by atoms with Crippen LogP contribution in [0.15, 0.2) is 24.3 Å². The van der Waals surface area contributed by atoms with Crippen molar-refractivity contribution in [3.8, 4) is 11.5 Å². The third kappa shape index (κ3) is 4.63. The molecule has 1 N–H and O–H groups in total. The number of nitrogens with one attached hydrogen (secondary N) is 1. The molecule has 0 aliphatic carbocycles. The molecule has 1 fully saturated rings. The Morgan fingerprint density at radius 3 is 2.58 bits per heavy atom. The van der Waals surface area contributed by atoms with Crippen molar-refractivity contribution in [2.45, 2.75) is 19.2 Å². The SMILES string of the molecule is FC(F)(F)Oc1ccccc1OCC1CCCNC1. The summed E-state index contributed by atoms with van der Waals surface area (Å²) in [4.78, 5) is 0. The van der Waals surface area contributed by atoms with Crippen molar-refractivity contribution in [3.63, 3.8) is 0 Å². The van der Waals surface area contributed by atoms with Gasteiger partial charge < -0.3 is 14.8 Å². The number of hydrogen-bond donors (Lipinski definition) is 1. The molecule has 1 aromatic rings. The van der Waals surface area contributed by atoms with E-state index in [1.807, 2.05) is 0 Å². The Hall–Kier alpha value is -1.43. The lowest BCUT2D eigenvalue weighted by Crippen LogP contribution is -2.33. The molecule has 1 aliphatic rings. The van der Waals surface area contributed by atoms with E-state index in [9.17, 15) is 13.2 Å². The normalized spacial score (nSPS) is 20.1. The number of benzene rings is 1. The number of ether oxygens (including phenoxy) is 2. The minimum Gasteiger partial charge on any atom is -0.489 e. The van der Waals surface area contributed by atoms with Crippen LogP contribution >= 0.6 is 0 Å². The zero-order chi connectivity index (χ0) is 13.7. The highest BCUT2D eigenvalue weighted by Crippen LogP contribution is 2.32. The van der Waals surface area contributed by atoms with E-state index in [0.717, 1.165) is 25.9 Å². The molecule has 2 rings (SSSR count). The van der Waals surface area contributed by atoms with Gasteiger partial charge in [0.15, 0.2) is 11.5 Å². The molecule has 0 spiro atoms. The van der Waals surface area contributed by atoms with Gasteiger partial charge in [-0.05, 0) is 31.5 Å². The fourth-order valence-electron chi connectivity index (χ4n) is 2.05. The lowest BCUT2D eigenvalue weighted by atomic mass is 10.0. The fraction of sp³-hybridized carbons (Fsp3) is 0.538. The van der Waals surface area contributed by atoms with E-state index in [2.05, 4.69) is 10.1 Å².